The molecule has 0 unspecified atom stereocenters. The molecular weight excluding hydrogens is 384 g/mol. The molecule has 0 saturated carbocycles. The minimum atomic E-state index is -0.572. The molecule has 0 atom stereocenters. The van der Waals surface area contributed by atoms with E-state index in [0.29, 0.717) is 5.69 Å². The van der Waals surface area contributed by atoms with Gasteiger partial charge in [-0.25, -0.2) is 4.79 Å². The second kappa shape index (κ2) is 9.25. The summed E-state index contributed by atoms with van der Waals surface area (Å²) in [6, 6.07) is 14.7. The number of esters is 1. The van der Waals surface area contributed by atoms with Crippen LogP contribution in [0.15, 0.2) is 71.2 Å². The van der Waals surface area contributed by atoms with Crippen molar-refractivity contribution in [2.75, 3.05) is 12.4 Å². The lowest BCUT2D eigenvalue weighted by atomic mass is 10.2. The maximum absolute atomic E-state index is 11.9. The summed E-state index contributed by atoms with van der Waals surface area (Å²) in [5.74, 6) is -0.572. The summed E-state index contributed by atoms with van der Waals surface area (Å²) in [5.41, 5.74) is 1.72. The van der Waals surface area contributed by atoms with E-state index < -0.39 is 5.97 Å². The van der Waals surface area contributed by atoms with Gasteiger partial charge in [0.2, 0.25) is 0 Å². The Hall–Kier alpha value is -3.11. The highest BCUT2D eigenvalue weighted by molar-refractivity contribution is 9.10. The summed E-state index contributed by atoms with van der Waals surface area (Å²) in [6.45, 7) is 0. The molecule has 2 aromatic rings. The van der Waals surface area contributed by atoms with Gasteiger partial charge >= 0.3 is 5.97 Å². The highest BCUT2D eigenvalue weighted by Gasteiger charge is 2.09. The van der Waals surface area contributed by atoms with Crippen molar-refractivity contribution in [1.29, 1.82) is 5.26 Å². The van der Waals surface area contributed by atoms with Gasteiger partial charge in [-0.2, -0.15) is 5.26 Å². The highest BCUT2D eigenvalue weighted by Crippen LogP contribution is 2.16. The maximum Gasteiger partial charge on any atom is 0.355 e. The quantitative estimate of drug-likeness (QED) is 0.440. The van der Waals surface area contributed by atoms with E-state index in [1.54, 1.807) is 24.4 Å². The molecule has 0 amide bonds. The van der Waals surface area contributed by atoms with Gasteiger partial charge in [0.1, 0.15) is 11.8 Å². The topological polar surface area (TPSA) is 87.0 Å². The van der Waals surface area contributed by atoms with Crippen molar-refractivity contribution in [3.05, 3.63) is 76.9 Å². The molecule has 1 heterocycles. The van der Waals surface area contributed by atoms with Crippen molar-refractivity contribution in [1.82, 2.24) is 10.3 Å². The summed E-state index contributed by atoms with van der Waals surface area (Å²) < 4.78 is 5.65. The van der Waals surface area contributed by atoms with E-state index in [2.05, 4.69) is 31.5 Å². The van der Waals surface area contributed by atoms with Crippen molar-refractivity contribution >= 4 is 33.2 Å². The van der Waals surface area contributed by atoms with Crippen LogP contribution in [-0.2, 0) is 9.53 Å². The fourth-order valence-corrected chi connectivity index (χ4v) is 2.24. The number of nitriles is 1. The van der Waals surface area contributed by atoms with Crippen LogP contribution in [0.2, 0.25) is 0 Å². The first-order valence-corrected chi connectivity index (χ1v) is 8.02. The molecular formula is C18H15BrN4O2. The lowest BCUT2D eigenvalue weighted by Gasteiger charge is -2.08. The number of allylic oxidation sites excluding steroid dienone is 1. The first kappa shape index (κ1) is 18.2. The zero-order valence-electron chi connectivity index (χ0n) is 13.4. The molecule has 0 fully saturated rings. The van der Waals surface area contributed by atoms with Crippen molar-refractivity contribution in [3.8, 4) is 6.07 Å². The average Bonchev–Trinajstić information content (AvgIpc) is 2.65. The lowest BCUT2D eigenvalue weighted by Crippen LogP contribution is -2.18. The molecule has 2 rings (SSSR count). The van der Waals surface area contributed by atoms with Crippen molar-refractivity contribution in [2.24, 2.45) is 0 Å². The van der Waals surface area contributed by atoms with Crippen molar-refractivity contribution in [3.63, 3.8) is 0 Å². The van der Waals surface area contributed by atoms with Gasteiger partial charge in [0, 0.05) is 28.8 Å². The second-order valence-corrected chi connectivity index (χ2v) is 5.65. The van der Waals surface area contributed by atoms with Crippen LogP contribution in [0.5, 0.6) is 0 Å². The fourth-order valence-electron chi connectivity index (χ4n) is 1.84. The molecule has 1 aromatic heterocycles. The number of halogens is 1. The number of methoxy groups -OCH3 is 1. The Kier molecular flexibility index (Phi) is 6.75. The number of anilines is 1. The number of ether oxygens (including phenoxy) is 1. The first-order valence-electron chi connectivity index (χ1n) is 7.23. The van der Waals surface area contributed by atoms with E-state index in [1.165, 1.54) is 19.5 Å². The summed E-state index contributed by atoms with van der Waals surface area (Å²) in [5, 5.41) is 15.1. The molecule has 0 radical (unpaired) electrons. The van der Waals surface area contributed by atoms with Crippen molar-refractivity contribution < 1.29 is 9.53 Å². The SMILES string of the molecule is COC(=O)/C(=C\Nc1cccc(Br)c1)N/C=C(/C#N)c1ccccn1. The molecule has 126 valence electrons. The molecule has 25 heavy (non-hydrogen) atoms. The van der Waals surface area contributed by atoms with E-state index in [9.17, 15) is 10.1 Å². The third-order valence-corrected chi connectivity index (χ3v) is 3.54. The number of carbonyl (C=O) groups is 1. The van der Waals surface area contributed by atoms with E-state index in [0.717, 1.165) is 10.2 Å². The zero-order valence-corrected chi connectivity index (χ0v) is 14.9. The summed E-state index contributed by atoms with van der Waals surface area (Å²) in [4.78, 5) is 16.0. The van der Waals surface area contributed by atoms with Gasteiger partial charge in [-0.3, -0.25) is 4.98 Å². The van der Waals surface area contributed by atoms with E-state index in [-0.39, 0.29) is 11.3 Å². The monoisotopic (exact) mass is 398 g/mol. The predicted molar refractivity (Wildman–Crippen MR) is 98.8 cm³/mol. The van der Waals surface area contributed by atoms with Gasteiger partial charge in [-0.15, -0.1) is 0 Å². The summed E-state index contributed by atoms with van der Waals surface area (Å²) in [6.07, 6.45) is 4.47. The van der Waals surface area contributed by atoms with E-state index in [4.69, 9.17) is 4.74 Å². The number of aromatic nitrogens is 1. The molecule has 0 saturated heterocycles. The molecule has 0 bridgehead atoms. The van der Waals surface area contributed by atoms with Crippen LogP contribution in [0, 0.1) is 11.3 Å². The number of pyridine rings is 1. The van der Waals surface area contributed by atoms with E-state index >= 15 is 0 Å². The Balaban J connectivity index is 2.20. The average molecular weight is 399 g/mol. The minimum Gasteiger partial charge on any atom is -0.464 e. The number of rotatable bonds is 6. The largest absolute Gasteiger partial charge is 0.464 e. The van der Waals surface area contributed by atoms with Crippen LogP contribution in [0.3, 0.4) is 0 Å². The van der Waals surface area contributed by atoms with Gasteiger partial charge in [0.25, 0.3) is 0 Å². The molecule has 2 N–H and O–H groups in total. The summed E-state index contributed by atoms with van der Waals surface area (Å²) >= 11 is 3.38. The normalized spacial score (nSPS) is 11.4. The number of benzene rings is 1. The fraction of sp³-hybridized carbons (Fsp3) is 0.0556. The van der Waals surface area contributed by atoms with Crippen LogP contribution < -0.4 is 10.6 Å². The van der Waals surface area contributed by atoms with Gasteiger partial charge in [-0.05, 0) is 30.3 Å². The van der Waals surface area contributed by atoms with Crippen LogP contribution >= 0.6 is 15.9 Å². The molecule has 0 aliphatic carbocycles. The highest BCUT2D eigenvalue weighted by atomic mass is 79.9. The van der Waals surface area contributed by atoms with Gasteiger partial charge in [-0.1, -0.05) is 28.1 Å². The lowest BCUT2D eigenvalue weighted by molar-refractivity contribution is -0.136. The first-order chi connectivity index (χ1) is 12.1. The zero-order chi connectivity index (χ0) is 18.1. The summed E-state index contributed by atoms with van der Waals surface area (Å²) in [7, 11) is 1.28. The van der Waals surface area contributed by atoms with Crippen LogP contribution in [0.25, 0.3) is 5.57 Å². The number of hydrogen-bond acceptors (Lipinski definition) is 6. The van der Waals surface area contributed by atoms with Crippen LogP contribution in [-0.4, -0.2) is 18.1 Å². The Morgan fingerprint density at radius 1 is 1.28 bits per heavy atom. The molecule has 7 heteroatoms. The standard InChI is InChI=1S/C18H15BrN4O2/c1-25-18(24)17(12-22-15-6-4-5-14(19)9-15)23-11-13(10-20)16-7-2-3-8-21-16/h2-9,11-12,22-23H,1H3/b13-11-,17-12+. The van der Waals surface area contributed by atoms with Crippen molar-refractivity contribution in [2.45, 2.75) is 0 Å². The van der Waals surface area contributed by atoms with Gasteiger partial charge in [0.15, 0.2) is 0 Å². The third kappa shape index (κ3) is 5.48. The van der Waals surface area contributed by atoms with Gasteiger partial charge < -0.3 is 15.4 Å². The number of nitrogens with zero attached hydrogens (tertiary/aromatic N) is 2. The molecule has 6 nitrogen and oxygen atoms in total. The smallest absolute Gasteiger partial charge is 0.355 e. The second-order valence-electron chi connectivity index (χ2n) is 4.73. The Bertz CT molecular complexity index is 842. The molecule has 0 spiro atoms. The van der Waals surface area contributed by atoms with Gasteiger partial charge in [0.05, 0.1) is 18.4 Å². The Morgan fingerprint density at radius 2 is 2.12 bits per heavy atom. The van der Waals surface area contributed by atoms with Crippen LogP contribution in [0.4, 0.5) is 5.69 Å². The molecule has 0 aliphatic rings. The minimum absolute atomic E-state index is 0.145. The number of carbonyl (C=O) groups excluding carboxylic acids is 1. The predicted octanol–water partition coefficient (Wildman–Crippen LogP) is 3.42. The third-order valence-electron chi connectivity index (χ3n) is 3.05. The number of nitrogens with one attached hydrogen (secondary N) is 2. The molecule has 0 aliphatic heterocycles. The molecule has 1 aromatic carbocycles. The number of hydrogen-bond donors (Lipinski definition) is 2. The Morgan fingerprint density at radius 3 is 2.76 bits per heavy atom. The van der Waals surface area contributed by atoms with Crippen LogP contribution in [0.1, 0.15) is 5.69 Å². The Labute approximate surface area is 154 Å². The van der Waals surface area contributed by atoms with E-state index in [1.807, 2.05) is 30.3 Å². The maximum atomic E-state index is 11.9.